The maximum Gasteiger partial charge on any atom is 0.232 e. The zero-order valence-electron chi connectivity index (χ0n) is 14.1. The molecule has 0 radical (unpaired) electrons. The maximum absolute atomic E-state index is 12.7. The van der Waals surface area contributed by atoms with Crippen molar-refractivity contribution in [3.05, 3.63) is 59.1 Å². The van der Waals surface area contributed by atoms with Gasteiger partial charge in [-0.05, 0) is 43.2 Å². The Balaban J connectivity index is 2.89. The van der Waals surface area contributed by atoms with Gasteiger partial charge in [0.15, 0.2) is 0 Å². The Hall–Kier alpha value is -1.85. The lowest BCUT2D eigenvalue weighted by Gasteiger charge is -2.23. The minimum atomic E-state index is -0.533. The lowest BCUT2D eigenvalue weighted by atomic mass is 9.97. The molecule has 1 aromatic rings. The second kappa shape index (κ2) is 10.1. The Morgan fingerprint density at radius 2 is 1.96 bits per heavy atom. The number of amides is 1. The molecule has 1 atom stereocenters. The van der Waals surface area contributed by atoms with Gasteiger partial charge in [-0.1, -0.05) is 47.2 Å². The van der Waals surface area contributed by atoms with E-state index in [0.717, 1.165) is 16.5 Å². The number of nitrogens with zero attached hydrogens (tertiary/aromatic N) is 1. The van der Waals surface area contributed by atoms with E-state index >= 15 is 0 Å². The first kappa shape index (κ1) is 20.2. The van der Waals surface area contributed by atoms with Crippen molar-refractivity contribution in [2.45, 2.75) is 19.8 Å². The number of hydrogen-bond acceptors (Lipinski definition) is 3. The number of phenolic OH excluding ortho intramolecular Hbond substituents is 1. The van der Waals surface area contributed by atoms with Crippen LogP contribution < -0.4 is 4.90 Å². The van der Waals surface area contributed by atoms with Gasteiger partial charge in [-0.15, -0.1) is 0 Å². The summed E-state index contributed by atoms with van der Waals surface area (Å²) in [5.41, 5.74) is 1.64. The summed E-state index contributed by atoms with van der Waals surface area (Å²) in [6, 6.07) is 6.39. The molecular formula is C19H24BrNO3. The molecule has 0 fully saturated rings. The lowest BCUT2D eigenvalue weighted by molar-refractivity contribution is -0.123. The third kappa shape index (κ3) is 6.34. The van der Waals surface area contributed by atoms with Gasteiger partial charge in [-0.2, -0.15) is 0 Å². The summed E-state index contributed by atoms with van der Waals surface area (Å²) in [6.07, 6.45) is 7.04. The van der Waals surface area contributed by atoms with Crippen molar-refractivity contribution in [3.8, 4) is 5.75 Å². The molecule has 1 aromatic carbocycles. The summed E-state index contributed by atoms with van der Waals surface area (Å²) >= 11 is 3.27. The van der Waals surface area contributed by atoms with Crippen LogP contribution in [-0.4, -0.2) is 29.8 Å². The van der Waals surface area contributed by atoms with E-state index in [1.165, 1.54) is 17.0 Å². The van der Waals surface area contributed by atoms with Crippen LogP contribution in [0.5, 0.6) is 5.75 Å². The number of aliphatic hydroxyl groups is 1. The lowest BCUT2D eigenvalue weighted by Crippen LogP contribution is -2.34. The molecule has 130 valence electrons. The predicted molar refractivity (Wildman–Crippen MR) is 102 cm³/mol. The highest BCUT2D eigenvalue weighted by molar-refractivity contribution is 9.11. The van der Waals surface area contributed by atoms with E-state index < -0.39 is 5.92 Å². The zero-order chi connectivity index (χ0) is 18.1. The minimum Gasteiger partial charge on any atom is -0.508 e. The van der Waals surface area contributed by atoms with Crippen molar-refractivity contribution in [1.82, 2.24) is 0 Å². The van der Waals surface area contributed by atoms with Crippen LogP contribution in [0, 0.1) is 5.92 Å². The Morgan fingerprint density at radius 3 is 2.46 bits per heavy atom. The molecule has 0 bridgehead atoms. The quantitative estimate of drug-likeness (QED) is 0.651. The Kier molecular flexibility index (Phi) is 8.50. The average Bonchev–Trinajstić information content (AvgIpc) is 2.56. The average molecular weight is 394 g/mol. The molecule has 4 nitrogen and oxygen atoms in total. The molecule has 0 saturated heterocycles. The first-order valence-electron chi connectivity index (χ1n) is 7.78. The van der Waals surface area contributed by atoms with Crippen molar-refractivity contribution >= 4 is 27.5 Å². The fourth-order valence-corrected chi connectivity index (χ4v) is 2.40. The van der Waals surface area contributed by atoms with Crippen LogP contribution >= 0.6 is 15.9 Å². The number of phenols is 1. The molecule has 0 aliphatic heterocycles. The SMILES string of the molecule is C=C(Br)/C=C\C(=C/CC)CC(CO)C(=O)N(C)c1ccc(O)cc1. The van der Waals surface area contributed by atoms with Crippen LogP contribution in [0.2, 0.25) is 0 Å². The van der Waals surface area contributed by atoms with Gasteiger partial charge in [-0.3, -0.25) is 4.79 Å². The van der Waals surface area contributed by atoms with Crippen LogP contribution in [0.1, 0.15) is 19.8 Å². The van der Waals surface area contributed by atoms with Gasteiger partial charge in [-0.25, -0.2) is 0 Å². The number of carbonyl (C=O) groups excluding carboxylic acids is 1. The first-order valence-corrected chi connectivity index (χ1v) is 8.57. The molecule has 0 saturated carbocycles. The van der Waals surface area contributed by atoms with Crippen molar-refractivity contribution in [2.75, 3.05) is 18.6 Å². The van der Waals surface area contributed by atoms with E-state index in [2.05, 4.69) is 22.5 Å². The van der Waals surface area contributed by atoms with E-state index in [0.29, 0.717) is 12.1 Å². The summed E-state index contributed by atoms with van der Waals surface area (Å²) in [5.74, 6) is -0.558. The van der Waals surface area contributed by atoms with Crippen LogP contribution in [0.3, 0.4) is 0 Å². The molecule has 1 amide bonds. The summed E-state index contributed by atoms with van der Waals surface area (Å²) in [5, 5.41) is 19.0. The van der Waals surface area contributed by atoms with Gasteiger partial charge in [0.2, 0.25) is 5.91 Å². The van der Waals surface area contributed by atoms with Gasteiger partial charge in [0.25, 0.3) is 0 Å². The number of halogens is 1. The highest BCUT2D eigenvalue weighted by atomic mass is 79.9. The standard InChI is InChI=1S/C19H24BrNO3/c1-4-5-15(7-6-14(2)20)12-16(13-22)19(24)21(3)17-8-10-18(23)11-9-17/h5-11,16,22-23H,2,4,12-13H2,1,3H3/b7-6-,15-5+. The number of allylic oxidation sites excluding steroid dienone is 5. The van der Waals surface area contributed by atoms with E-state index in [1.807, 2.05) is 25.2 Å². The molecule has 5 heteroatoms. The minimum absolute atomic E-state index is 0.145. The Labute approximate surface area is 151 Å². The van der Waals surface area contributed by atoms with Crippen LogP contribution in [0.4, 0.5) is 5.69 Å². The summed E-state index contributed by atoms with van der Waals surface area (Å²) in [6.45, 7) is 5.55. The van der Waals surface area contributed by atoms with E-state index in [1.54, 1.807) is 19.2 Å². The molecule has 0 aliphatic rings. The number of aromatic hydroxyl groups is 1. The van der Waals surface area contributed by atoms with Gasteiger partial charge < -0.3 is 15.1 Å². The van der Waals surface area contributed by atoms with E-state index in [4.69, 9.17) is 0 Å². The van der Waals surface area contributed by atoms with Crippen molar-refractivity contribution in [1.29, 1.82) is 0 Å². The van der Waals surface area contributed by atoms with Gasteiger partial charge >= 0.3 is 0 Å². The number of carbonyl (C=O) groups is 1. The summed E-state index contributed by atoms with van der Waals surface area (Å²) < 4.78 is 0.748. The van der Waals surface area contributed by atoms with Gasteiger partial charge in [0.05, 0.1) is 12.5 Å². The van der Waals surface area contributed by atoms with Gasteiger partial charge in [0.1, 0.15) is 5.75 Å². The zero-order valence-corrected chi connectivity index (χ0v) is 15.7. The molecular weight excluding hydrogens is 370 g/mol. The number of hydrogen-bond donors (Lipinski definition) is 2. The highest BCUT2D eigenvalue weighted by Crippen LogP contribution is 2.22. The topological polar surface area (TPSA) is 60.8 Å². The van der Waals surface area contributed by atoms with E-state index in [-0.39, 0.29) is 18.3 Å². The number of aliphatic hydroxyl groups excluding tert-OH is 1. The molecule has 0 heterocycles. The maximum atomic E-state index is 12.7. The second-order valence-electron chi connectivity index (χ2n) is 5.46. The molecule has 24 heavy (non-hydrogen) atoms. The fourth-order valence-electron chi connectivity index (χ4n) is 2.27. The van der Waals surface area contributed by atoms with Crippen LogP contribution in [-0.2, 0) is 4.79 Å². The number of anilines is 1. The predicted octanol–water partition coefficient (Wildman–Crippen LogP) is 4.15. The molecule has 1 unspecified atom stereocenters. The van der Waals surface area contributed by atoms with Crippen molar-refractivity contribution in [3.63, 3.8) is 0 Å². The molecule has 0 aliphatic carbocycles. The first-order chi connectivity index (χ1) is 11.4. The normalized spacial score (nSPS) is 13.1. The molecule has 0 spiro atoms. The largest absolute Gasteiger partial charge is 0.508 e. The monoisotopic (exact) mass is 393 g/mol. The molecule has 1 rings (SSSR count). The van der Waals surface area contributed by atoms with Crippen molar-refractivity contribution in [2.24, 2.45) is 5.92 Å². The molecule has 0 aromatic heterocycles. The number of rotatable bonds is 8. The van der Waals surface area contributed by atoms with E-state index in [9.17, 15) is 15.0 Å². The molecule has 2 N–H and O–H groups in total. The Bertz CT molecular complexity index is 620. The fraction of sp³-hybridized carbons (Fsp3) is 0.316. The number of benzene rings is 1. The van der Waals surface area contributed by atoms with Crippen molar-refractivity contribution < 1.29 is 15.0 Å². The Morgan fingerprint density at radius 1 is 1.33 bits per heavy atom. The highest BCUT2D eigenvalue weighted by Gasteiger charge is 2.23. The van der Waals surface area contributed by atoms with Crippen LogP contribution in [0.25, 0.3) is 0 Å². The van der Waals surface area contributed by atoms with Gasteiger partial charge in [0, 0.05) is 17.2 Å². The summed E-state index contributed by atoms with van der Waals surface area (Å²) in [7, 11) is 1.66. The second-order valence-corrected chi connectivity index (χ2v) is 6.48. The summed E-state index contributed by atoms with van der Waals surface area (Å²) in [4.78, 5) is 14.2. The smallest absolute Gasteiger partial charge is 0.232 e. The third-order valence-corrected chi connectivity index (χ3v) is 3.83. The third-order valence-electron chi connectivity index (χ3n) is 3.56. The van der Waals surface area contributed by atoms with Crippen LogP contribution in [0.15, 0.2) is 59.1 Å².